The number of carbonyl (C=O) groups excluding carboxylic acids is 1. The molecular formula is C18H20N2O2. The number of rotatable bonds is 4. The molecule has 2 fully saturated rings. The van der Waals surface area contributed by atoms with Crippen LogP contribution in [0.1, 0.15) is 24.8 Å². The molecule has 1 aromatic heterocycles. The highest BCUT2D eigenvalue weighted by Crippen LogP contribution is 2.44. The Hall–Kier alpha value is -1.94. The molecule has 1 aromatic carbocycles. The number of carbonyl (C=O) groups is 1. The molecule has 1 amide bonds. The Labute approximate surface area is 129 Å². The summed E-state index contributed by atoms with van der Waals surface area (Å²) < 4.78 is 0. The van der Waals surface area contributed by atoms with Crippen LogP contribution in [0, 0.1) is 5.92 Å². The third-order valence-corrected chi connectivity index (χ3v) is 4.97. The van der Waals surface area contributed by atoms with Gasteiger partial charge in [0.15, 0.2) is 0 Å². The zero-order valence-electron chi connectivity index (χ0n) is 12.5. The van der Waals surface area contributed by atoms with E-state index in [1.165, 1.54) is 0 Å². The molecule has 1 aliphatic heterocycles. The first-order valence-corrected chi connectivity index (χ1v) is 7.98. The molecule has 2 aliphatic rings. The van der Waals surface area contributed by atoms with Gasteiger partial charge in [0, 0.05) is 18.0 Å². The van der Waals surface area contributed by atoms with E-state index >= 15 is 0 Å². The van der Waals surface area contributed by atoms with Gasteiger partial charge in [0.1, 0.15) is 5.60 Å². The number of amides is 1. The highest BCUT2D eigenvalue weighted by atomic mass is 16.3. The molecule has 1 saturated heterocycles. The topological polar surface area (TPSA) is 53.4 Å². The Balaban J connectivity index is 1.39. The summed E-state index contributed by atoms with van der Waals surface area (Å²) in [6.45, 7) is 1.04. The zero-order chi connectivity index (χ0) is 15.2. The Kier molecular flexibility index (Phi) is 3.15. The fourth-order valence-corrected chi connectivity index (χ4v) is 3.44. The second kappa shape index (κ2) is 5.06. The molecule has 4 nitrogen and oxygen atoms in total. The minimum atomic E-state index is -0.584. The highest BCUT2D eigenvalue weighted by Gasteiger charge is 2.52. The van der Waals surface area contributed by atoms with Crippen molar-refractivity contribution < 1.29 is 9.90 Å². The van der Waals surface area contributed by atoms with Gasteiger partial charge in [-0.1, -0.05) is 18.2 Å². The predicted octanol–water partition coefficient (Wildman–Crippen LogP) is 2.15. The summed E-state index contributed by atoms with van der Waals surface area (Å²) in [4.78, 5) is 18.4. The third-order valence-electron chi connectivity index (χ3n) is 4.97. The van der Waals surface area contributed by atoms with Gasteiger partial charge in [0.05, 0.1) is 18.6 Å². The normalized spacial score (nSPS) is 20.0. The van der Waals surface area contributed by atoms with Crippen LogP contribution in [-0.2, 0) is 11.2 Å². The first-order valence-electron chi connectivity index (χ1n) is 7.98. The average Bonchev–Trinajstić information content (AvgIpc) is 3.34. The van der Waals surface area contributed by atoms with E-state index in [1.54, 1.807) is 11.1 Å². The van der Waals surface area contributed by atoms with Gasteiger partial charge in [-0.25, -0.2) is 0 Å². The van der Waals surface area contributed by atoms with E-state index < -0.39 is 5.60 Å². The van der Waals surface area contributed by atoms with Gasteiger partial charge in [-0.05, 0) is 42.9 Å². The SMILES string of the molecule is O=C(CCc1ccnc2ccccc12)N1CC(O)(C2CC2)C1. The number of nitrogens with zero attached hydrogens (tertiary/aromatic N) is 2. The smallest absolute Gasteiger partial charge is 0.223 e. The number of fused-ring (bicyclic) bond motifs is 1. The molecule has 0 spiro atoms. The molecule has 0 bridgehead atoms. The van der Waals surface area contributed by atoms with Crippen molar-refractivity contribution in [2.24, 2.45) is 5.92 Å². The number of benzene rings is 1. The van der Waals surface area contributed by atoms with E-state index in [0.717, 1.165) is 35.7 Å². The van der Waals surface area contributed by atoms with Crippen LogP contribution >= 0.6 is 0 Å². The standard InChI is InChI=1S/C18H20N2O2/c21-17(20-11-18(22,12-20)14-6-7-14)8-5-13-9-10-19-16-4-2-1-3-15(13)16/h1-4,9-10,14,22H,5-8,11-12H2. The summed E-state index contributed by atoms with van der Waals surface area (Å²) in [6.07, 6.45) is 5.25. The Morgan fingerprint density at radius 2 is 2.05 bits per heavy atom. The summed E-state index contributed by atoms with van der Waals surface area (Å²) in [5.74, 6) is 0.576. The van der Waals surface area contributed by atoms with Crippen molar-refractivity contribution in [1.29, 1.82) is 0 Å². The molecule has 22 heavy (non-hydrogen) atoms. The lowest BCUT2D eigenvalue weighted by atomic mass is 9.88. The number of aryl methyl sites for hydroxylation is 1. The van der Waals surface area contributed by atoms with Gasteiger partial charge in [0.25, 0.3) is 0 Å². The number of likely N-dealkylation sites (tertiary alicyclic amines) is 1. The van der Waals surface area contributed by atoms with Crippen molar-refractivity contribution in [2.45, 2.75) is 31.3 Å². The number of β-amino-alcohol motifs (C(OH)–C–C–N with tert-alkyl or cyclic N) is 1. The van der Waals surface area contributed by atoms with E-state index in [9.17, 15) is 9.90 Å². The van der Waals surface area contributed by atoms with Crippen LogP contribution in [0.15, 0.2) is 36.5 Å². The molecule has 1 N–H and O–H groups in total. The van der Waals surface area contributed by atoms with Crippen molar-refractivity contribution in [2.75, 3.05) is 13.1 Å². The van der Waals surface area contributed by atoms with Crippen LogP contribution in [0.25, 0.3) is 10.9 Å². The third kappa shape index (κ3) is 2.37. The van der Waals surface area contributed by atoms with Crippen LogP contribution in [0.2, 0.25) is 0 Å². The van der Waals surface area contributed by atoms with Gasteiger partial charge < -0.3 is 10.0 Å². The van der Waals surface area contributed by atoms with E-state index in [1.807, 2.05) is 24.3 Å². The lowest BCUT2D eigenvalue weighted by molar-refractivity contribution is -0.159. The Bertz CT molecular complexity index is 713. The van der Waals surface area contributed by atoms with Crippen molar-refractivity contribution in [3.63, 3.8) is 0 Å². The van der Waals surface area contributed by atoms with E-state index in [-0.39, 0.29) is 5.91 Å². The van der Waals surface area contributed by atoms with Crippen LogP contribution in [0.5, 0.6) is 0 Å². The lowest BCUT2D eigenvalue weighted by Crippen LogP contribution is -2.64. The highest BCUT2D eigenvalue weighted by molar-refractivity contribution is 5.83. The summed E-state index contributed by atoms with van der Waals surface area (Å²) in [7, 11) is 0. The van der Waals surface area contributed by atoms with Crippen molar-refractivity contribution in [1.82, 2.24) is 9.88 Å². The minimum Gasteiger partial charge on any atom is -0.386 e. The van der Waals surface area contributed by atoms with Gasteiger partial charge in [-0.15, -0.1) is 0 Å². The second-order valence-electron chi connectivity index (χ2n) is 6.61. The maximum Gasteiger partial charge on any atom is 0.223 e. The Morgan fingerprint density at radius 3 is 2.82 bits per heavy atom. The molecule has 2 aromatic rings. The summed E-state index contributed by atoms with van der Waals surface area (Å²) in [6, 6.07) is 10.0. The van der Waals surface area contributed by atoms with E-state index in [2.05, 4.69) is 11.1 Å². The molecule has 0 radical (unpaired) electrons. The van der Waals surface area contributed by atoms with Gasteiger partial charge >= 0.3 is 0 Å². The molecule has 1 saturated carbocycles. The van der Waals surface area contributed by atoms with Gasteiger partial charge in [0.2, 0.25) is 5.91 Å². The molecule has 0 atom stereocenters. The van der Waals surface area contributed by atoms with E-state index in [4.69, 9.17) is 0 Å². The number of hydrogen-bond acceptors (Lipinski definition) is 3. The molecular weight excluding hydrogens is 276 g/mol. The molecule has 4 rings (SSSR count). The van der Waals surface area contributed by atoms with Crippen molar-refractivity contribution >= 4 is 16.8 Å². The number of aromatic nitrogens is 1. The van der Waals surface area contributed by atoms with Crippen molar-refractivity contribution in [3.05, 3.63) is 42.1 Å². The van der Waals surface area contributed by atoms with E-state index in [0.29, 0.717) is 25.4 Å². The molecule has 1 aliphatic carbocycles. The number of hydrogen-bond donors (Lipinski definition) is 1. The summed E-state index contributed by atoms with van der Waals surface area (Å²) in [5, 5.41) is 11.4. The largest absolute Gasteiger partial charge is 0.386 e. The average molecular weight is 296 g/mol. The second-order valence-corrected chi connectivity index (χ2v) is 6.61. The van der Waals surface area contributed by atoms with Crippen LogP contribution in [-0.4, -0.2) is 39.6 Å². The maximum atomic E-state index is 12.3. The number of aliphatic hydroxyl groups is 1. The fraction of sp³-hybridized carbons (Fsp3) is 0.444. The summed E-state index contributed by atoms with van der Waals surface area (Å²) >= 11 is 0. The predicted molar refractivity (Wildman–Crippen MR) is 84.3 cm³/mol. The van der Waals surface area contributed by atoms with Gasteiger partial charge in [-0.3, -0.25) is 9.78 Å². The Morgan fingerprint density at radius 1 is 1.27 bits per heavy atom. The molecule has 2 heterocycles. The number of para-hydroxylation sites is 1. The monoisotopic (exact) mass is 296 g/mol. The van der Waals surface area contributed by atoms with Crippen LogP contribution < -0.4 is 0 Å². The first-order chi connectivity index (χ1) is 10.7. The first kappa shape index (κ1) is 13.7. The number of pyridine rings is 1. The molecule has 4 heteroatoms. The minimum absolute atomic E-state index is 0.145. The van der Waals surface area contributed by atoms with Crippen LogP contribution in [0.3, 0.4) is 0 Å². The van der Waals surface area contributed by atoms with Gasteiger partial charge in [-0.2, -0.15) is 0 Å². The zero-order valence-corrected chi connectivity index (χ0v) is 12.5. The van der Waals surface area contributed by atoms with Crippen LogP contribution in [0.4, 0.5) is 0 Å². The molecule has 114 valence electrons. The van der Waals surface area contributed by atoms with Crippen molar-refractivity contribution in [3.8, 4) is 0 Å². The quantitative estimate of drug-likeness (QED) is 0.940. The lowest BCUT2D eigenvalue weighted by Gasteiger charge is -2.47. The summed E-state index contributed by atoms with van der Waals surface area (Å²) in [5.41, 5.74) is 1.55. The molecule has 0 unspecified atom stereocenters. The fourth-order valence-electron chi connectivity index (χ4n) is 3.44. The maximum absolute atomic E-state index is 12.3.